The first-order valence-corrected chi connectivity index (χ1v) is 26.4. The molecule has 0 radical (unpaired) electrons. The van der Waals surface area contributed by atoms with Gasteiger partial charge in [-0.25, -0.2) is 4.57 Å². The minimum absolute atomic E-state index is 0.0835. The summed E-state index contributed by atoms with van der Waals surface area (Å²) in [6.45, 7) is 5.59. The number of likely N-dealkylation sites (N-methyl/N-ethyl adjacent to an activating group) is 1. The standard InChI is InChI=1S/C51H96NO7P/c1-6-8-10-12-14-16-18-20-22-24-25-26-27-28-30-32-34-36-38-40-42-44-51(53)59-50(49-58-60(54,55)57-47-45-52(3,4)5)48-56-46-43-41-39-37-35-33-31-29-23-21-19-17-15-13-11-9-7-2/h18,20,23-25,27-29,50H,6-17,19,21-22,26,30-49H2,1-5H3/p+1/b20-18-,25-24-,28-27-,29-23-. The van der Waals surface area contributed by atoms with Crippen molar-refractivity contribution in [3.8, 4) is 0 Å². The van der Waals surface area contributed by atoms with Crippen LogP contribution < -0.4 is 0 Å². The van der Waals surface area contributed by atoms with Gasteiger partial charge in [-0.1, -0.05) is 178 Å². The van der Waals surface area contributed by atoms with E-state index in [0.717, 1.165) is 57.8 Å². The van der Waals surface area contributed by atoms with Crippen LogP contribution in [0.4, 0.5) is 0 Å². The van der Waals surface area contributed by atoms with Crippen molar-refractivity contribution in [3.63, 3.8) is 0 Å². The number of quaternary nitrogens is 1. The Hall–Kier alpha value is -1.54. The van der Waals surface area contributed by atoms with Crippen LogP contribution in [-0.4, -0.2) is 75.6 Å². The largest absolute Gasteiger partial charge is 0.472 e. The van der Waals surface area contributed by atoms with Gasteiger partial charge in [-0.3, -0.25) is 13.8 Å². The lowest BCUT2D eigenvalue weighted by Crippen LogP contribution is -2.37. The van der Waals surface area contributed by atoms with Crippen molar-refractivity contribution < 1.29 is 37.3 Å². The van der Waals surface area contributed by atoms with Gasteiger partial charge in [0.05, 0.1) is 34.4 Å². The molecule has 8 nitrogen and oxygen atoms in total. The highest BCUT2D eigenvalue weighted by molar-refractivity contribution is 7.47. The Labute approximate surface area is 371 Å². The van der Waals surface area contributed by atoms with Crippen LogP contribution in [0.25, 0.3) is 0 Å². The topological polar surface area (TPSA) is 91.3 Å². The number of carbonyl (C=O) groups is 1. The summed E-state index contributed by atoms with van der Waals surface area (Å²) in [5, 5.41) is 0. The van der Waals surface area contributed by atoms with Crippen molar-refractivity contribution in [3.05, 3.63) is 48.6 Å². The second kappa shape index (κ2) is 44.1. The molecule has 60 heavy (non-hydrogen) atoms. The summed E-state index contributed by atoms with van der Waals surface area (Å²) in [6, 6.07) is 0. The maximum absolute atomic E-state index is 12.7. The molecule has 9 heteroatoms. The van der Waals surface area contributed by atoms with Gasteiger partial charge in [-0.2, -0.15) is 0 Å². The zero-order valence-corrected chi connectivity index (χ0v) is 40.8. The zero-order chi connectivity index (χ0) is 44.1. The molecular formula is C51H97NO7P+. The third kappa shape index (κ3) is 47.5. The highest BCUT2D eigenvalue weighted by atomic mass is 31.2. The monoisotopic (exact) mass is 867 g/mol. The third-order valence-electron chi connectivity index (χ3n) is 10.6. The number of esters is 1. The highest BCUT2D eigenvalue weighted by Gasteiger charge is 2.26. The van der Waals surface area contributed by atoms with Gasteiger partial charge in [0, 0.05) is 13.0 Å². The number of phosphoric ester groups is 1. The van der Waals surface area contributed by atoms with Crippen molar-refractivity contribution in [2.45, 2.75) is 219 Å². The van der Waals surface area contributed by atoms with E-state index in [2.05, 4.69) is 62.5 Å². The molecule has 0 amide bonds. The number of rotatable bonds is 46. The summed E-state index contributed by atoms with van der Waals surface area (Å²) in [4.78, 5) is 23.0. The lowest BCUT2D eigenvalue weighted by atomic mass is 10.1. The van der Waals surface area contributed by atoms with E-state index in [1.165, 1.54) is 135 Å². The van der Waals surface area contributed by atoms with E-state index < -0.39 is 13.9 Å². The molecule has 0 saturated carbocycles. The predicted molar refractivity (Wildman–Crippen MR) is 256 cm³/mol. The zero-order valence-electron chi connectivity index (χ0n) is 39.9. The van der Waals surface area contributed by atoms with E-state index in [9.17, 15) is 14.3 Å². The maximum atomic E-state index is 12.7. The fourth-order valence-corrected chi connectivity index (χ4v) is 7.47. The summed E-state index contributed by atoms with van der Waals surface area (Å²) < 4.78 is 35.1. The van der Waals surface area contributed by atoms with Crippen LogP contribution >= 0.6 is 7.82 Å². The van der Waals surface area contributed by atoms with Gasteiger partial charge in [0.25, 0.3) is 0 Å². The summed E-state index contributed by atoms with van der Waals surface area (Å²) >= 11 is 0. The average Bonchev–Trinajstić information content (AvgIpc) is 3.20. The van der Waals surface area contributed by atoms with Crippen LogP contribution in [-0.2, 0) is 27.9 Å². The minimum atomic E-state index is -4.28. The van der Waals surface area contributed by atoms with E-state index in [0.29, 0.717) is 24.1 Å². The summed E-state index contributed by atoms with van der Waals surface area (Å²) in [5.41, 5.74) is 0. The van der Waals surface area contributed by atoms with Gasteiger partial charge in [0.15, 0.2) is 0 Å². The maximum Gasteiger partial charge on any atom is 0.472 e. The predicted octanol–water partition coefficient (Wildman–Crippen LogP) is 15.1. The fourth-order valence-electron chi connectivity index (χ4n) is 6.73. The molecule has 0 aliphatic rings. The lowest BCUT2D eigenvalue weighted by molar-refractivity contribution is -0.870. The normalized spacial score (nSPS) is 14.0. The van der Waals surface area contributed by atoms with Crippen molar-refractivity contribution in [1.29, 1.82) is 0 Å². The first-order chi connectivity index (χ1) is 29.1. The highest BCUT2D eigenvalue weighted by Crippen LogP contribution is 2.43. The molecule has 0 aromatic heterocycles. The number of unbranched alkanes of at least 4 members (excludes halogenated alkanes) is 24. The number of ether oxygens (including phenoxy) is 2. The van der Waals surface area contributed by atoms with E-state index in [1.54, 1.807) is 0 Å². The molecule has 0 fully saturated rings. The molecular weight excluding hydrogens is 770 g/mol. The first kappa shape index (κ1) is 58.5. The smallest absolute Gasteiger partial charge is 0.457 e. The number of allylic oxidation sites excluding steroid dienone is 8. The molecule has 2 atom stereocenters. The first-order valence-electron chi connectivity index (χ1n) is 24.9. The number of nitrogens with zero attached hydrogens (tertiary/aromatic N) is 1. The summed E-state index contributed by atoms with van der Waals surface area (Å²) in [6.07, 6.45) is 54.3. The fraction of sp³-hybridized carbons (Fsp3) is 0.824. The molecule has 0 spiro atoms. The molecule has 1 N–H and O–H groups in total. The molecule has 0 aliphatic heterocycles. The average molecular weight is 867 g/mol. The van der Waals surface area contributed by atoms with Gasteiger partial charge in [0.1, 0.15) is 19.3 Å². The van der Waals surface area contributed by atoms with Crippen molar-refractivity contribution in [2.75, 3.05) is 54.1 Å². The van der Waals surface area contributed by atoms with Gasteiger partial charge in [-0.05, 0) is 77.0 Å². The number of hydrogen-bond donors (Lipinski definition) is 1. The Balaban J connectivity index is 4.21. The van der Waals surface area contributed by atoms with E-state index in [4.69, 9.17) is 18.5 Å². The summed E-state index contributed by atoms with van der Waals surface area (Å²) in [5.74, 6) is -0.327. The van der Waals surface area contributed by atoms with E-state index in [1.807, 2.05) is 21.1 Å². The summed E-state index contributed by atoms with van der Waals surface area (Å²) in [7, 11) is 1.65. The Morgan fingerprint density at radius 3 is 1.38 bits per heavy atom. The molecule has 0 aromatic carbocycles. The Morgan fingerprint density at radius 2 is 0.917 bits per heavy atom. The van der Waals surface area contributed by atoms with Gasteiger partial charge in [-0.15, -0.1) is 0 Å². The van der Waals surface area contributed by atoms with Crippen molar-refractivity contribution >= 4 is 13.8 Å². The van der Waals surface area contributed by atoms with E-state index >= 15 is 0 Å². The number of hydrogen-bond acceptors (Lipinski definition) is 6. The molecule has 0 aromatic rings. The molecule has 2 unspecified atom stereocenters. The molecule has 352 valence electrons. The van der Waals surface area contributed by atoms with E-state index in [-0.39, 0.29) is 25.8 Å². The quantitative estimate of drug-likeness (QED) is 0.0214. The van der Waals surface area contributed by atoms with Crippen LogP contribution in [0.5, 0.6) is 0 Å². The van der Waals surface area contributed by atoms with Crippen LogP contribution in [0.15, 0.2) is 48.6 Å². The SMILES string of the molecule is CCCCCCC/C=C\C/C=C\C/C=C\CCCCCCCCC(=O)OC(COCCCCCCCC/C=C\CCCCCCCCC)COP(=O)(O)OCC[N+](C)(C)C. The molecule has 0 heterocycles. The lowest BCUT2D eigenvalue weighted by Gasteiger charge is -2.24. The van der Waals surface area contributed by atoms with Gasteiger partial charge in [0.2, 0.25) is 0 Å². The third-order valence-corrected chi connectivity index (χ3v) is 11.6. The molecule has 0 aliphatic carbocycles. The molecule has 0 bridgehead atoms. The molecule has 0 rings (SSSR count). The Morgan fingerprint density at radius 1 is 0.517 bits per heavy atom. The second-order valence-corrected chi connectivity index (χ2v) is 19.3. The second-order valence-electron chi connectivity index (χ2n) is 17.8. The van der Waals surface area contributed by atoms with Gasteiger partial charge >= 0.3 is 13.8 Å². The van der Waals surface area contributed by atoms with Crippen molar-refractivity contribution in [2.24, 2.45) is 0 Å². The molecule has 0 saturated heterocycles. The van der Waals surface area contributed by atoms with Gasteiger partial charge < -0.3 is 18.9 Å². The van der Waals surface area contributed by atoms with Crippen LogP contribution in [0.1, 0.15) is 213 Å². The Kier molecular flexibility index (Phi) is 43.0. The Bertz CT molecular complexity index is 1100. The number of carbonyl (C=O) groups excluding carboxylic acids is 1. The number of phosphoric acid groups is 1. The van der Waals surface area contributed by atoms with Crippen molar-refractivity contribution in [1.82, 2.24) is 0 Å². The minimum Gasteiger partial charge on any atom is -0.457 e. The van der Waals surface area contributed by atoms with Crippen LogP contribution in [0, 0.1) is 0 Å². The van der Waals surface area contributed by atoms with Crippen LogP contribution in [0.3, 0.4) is 0 Å². The van der Waals surface area contributed by atoms with Crippen LogP contribution in [0.2, 0.25) is 0 Å².